The van der Waals surface area contributed by atoms with Crippen LogP contribution in [0.4, 0.5) is 20.2 Å². The molecule has 0 atom stereocenters. The van der Waals surface area contributed by atoms with Crippen molar-refractivity contribution < 1.29 is 8.78 Å². The van der Waals surface area contributed by atoms with Crippen LogP contribution in [0.15, 0.2) is 48.0 Å². The van der Waals surface area contributed by atoms with Gasteiger partial charge in [-0.2, -0.15) is 0 Å². The molecule has 0 heterocycles. The van der Waals surface area contributed by atoms with Crippen molar-refractivity contribution in [3.05, 3.63) is 65.2 Å². The van der Waals surface area contributed by atoms with Gasteiger partial charge in [0.15, 0.2) is 0 Å². The zero-order chi connectivity index (χ0) is 16.8. The number of rotatable bonds is 6. The minimum atomic E-state index is -0.621. The molecule has 0 aliphatic carbocycles. The molecule has 0 unspecified atom stereocenters. The van der Waals surface area contributed by atoms with Gasteiger partial charge in [0.25, 0.3) is 0 Å². The van der Waals surface area contributed by atoms with Crippen LogP contribution in [0, 0.1) is 11.6 Å². The highest BCUT2D eigenvalue weighted by Gasteiger charge is 2.07. The number of hydrogen-bond acceptors (Lipinski definition) is 3. The molecule has 0 bridgehead atoms. The lowest BCUT2D eigenvalue weighted by Crippen LogP contribution is -2.15. The number of anilines is 2. The molecule has 2 aromatic carbocycles. The highest BCUT2D eigenvalue weighted by Crippen LogP contribution is 2.24. The third-order valence-corrected chi connectivity index (χ3v) is 3.99. The van der Waals surface area contributed by atoms with E-state index >= 15 is 0 Å². The van der Waals surface area contributed by atoms with E-state index in [9.17, 15) is 8.78 Å². The molecule has 0 fully saturated rings. The summed E-state index contributed by atoms with van der Waals surface area (Å²) in [6.07, 6.45) is 0. The average molecular weight is 382 g/mol. The molecule has 6 heteroatoms. The fraction of sp³-hybridized carbons (Fsp3) is 0.176. The first-order chi connectivity index (χ1) is 11.1. The Morgan fingerprint density at radius 1 is 1.09 bits per heavy atom. The van der Waals surface area contributed by atoms with Crippen LogP contribution < -0.4 is 16.4 Å². The van der Waals surface area contributed by atoms with Crippen molar-refractivity contribution in [2.45, 2.75) is 0 Å². The first-order valence-electron chi connectivity index (χ1n) is 7.06. The molecule has 0 aliphatic rings. The minimum absolute atomic E-state index is 0.356. The summed E-state index contributed by atoms with van der Waals surface area (Å²) < 4.78 is 26.5. The Morgan fingerprint density at radius 2 is 1.78 bits per heavy atom. The van der Waals surface area contributed by atoms with Crippen LogP contribution in [0.1, 0.15) is 5.56 Å². The number of nitrogens with two attached hydrogens (primary N) is 1. The Bertz CT molecular complexity index is 690. The van der Waals surface area contributed by atoms with Crippen LogP contribution in [0.25, 0.3) is 5.70 Å². The second-order valence-electron chi connectivity index (χ2n) is 4.93. The first-order valence-corrected chi connectivity index (χ1v) is 8.19. The largest absolute Gasteiger partial charge is 0.388 e. The summed E-state index contributed by atoms with van der Waals surface area (Å²) in [5.74, 6) is -1.24. The topological polar surface area (TPSA) is 50.1 Å². The number of benzene rings is 2. The molecule has 4 N–H and O–H groups in total. The van der Waals surface area contributed by atoms with E-state index in [0.29, 0.717) is 17.6 Å². The summed E-state index contributed by atoms with van der Waals surface area (Å²) >= 11 is 3.43. The summed E-state index contributed by atoms with van der Waals surface area (Å²) in [5.41, 5.74) is 9.75. The number of nitrogens with one attached hydrogen (secondary N) is 2. The van der Waals surface area contributed by atoms with Gasteiger partial charge < -0.3 is 16.4 Å². The molecule has 0 aromatic heterocycles. The smallest absolute Gasteiger partial charge is 0.128 e. The zero-order valence-corrected chi connectivity index (χ0v) is 14.3. The van der Waals surface area contributed by atoms with Crippen molar-refractivity contribution in [1.82, 2.24) is 5.32 Å². The van der Waals surface area contributed by atoms with Crippen molar-refractivity contribution >= 4 is 33.0 Å². The number of alkyl halides is 1. The van der Waals surface area contributed by atoms with Gasteiger partial charge in [0.05, 0.1) is 0 Å². The molecule has 0 radical (unpaired) electrons. The van der Waals surface area contributed by atoms with Crippen LogP contribution in [-0.2, 0) is 0 Å². The first kappa shape index (κ1) is 17.4. The molecular formula is C17H18BrF2N3. The van der Waals surface area contributed by atoms with Gasteiger partial charge in [0, 0.05) is 42.1 Å². The van der Waals surface area contributed by atoms with E-state index in [1.54, 1.807) is 0 Å². The molecule has 3 nitrogen and oxygen atoms in total. The van der Waals surface area contributed by atoms with Gasteiger partial charge in [-0.15, -0.1) is 0 Å². The molecule has 0 amide bonds. The fourth-order valence-corrected chi connectivity index (χ4v) is 2.80. The molecule has 0 aliphatic heterocycles. The normalized spacial score (nSPS) is 11.9. The van der Waals surface area contributed by atoms with E-state index in [1.807, 2.05) is 31.3 Å². The average Bonchev–Trinajstić information content (AvgIpc) is 2.51. The monoisotopic (exact) mass is 381 g/mol. The lowest BCUT2D eigenvalue weighted by Gasteiger charge is -2.14. The molecule has 0 saturated carbocycles. The van der Waals surface area contributed by atoms with Gasteiger partial charge in [-0.1, -0.05) is 28.1 Å². The lowest BCUT2D eigenvalue weighted by molar-refractivity contribution is 0.584. The highest BCUT2D eigenvalue weighted by molar-refractivity contribution is 9.09. The van der Waals surface area contributed by atoms with Gasteiger partial charge in [-0.3, -0.25) is 0 Å². The molecule has 2 rings (SSSR count). The summed E-state index contributed by atoms with van der Waals surface area (Å²) in [5, 5.41) is 6.82. The second-order valence-corrected chi connectivity index (χ2v) is 5.49. The van der Waals surface area contributed by atoms with Crippen molar-refractivity contribution in [3.8, 4) is 0 Å². The van der Waals surface area contributed by atoms with Gasteiger partial charge >= 0.3 is 0 Å². The molecule has 0 spiro atoms. The summed E-state index contributed by atoms with van der Waals surface area (Å²) in [4.78, 5) is 0. The van der Waals surface area contributed by atoms with Crippen molar-refractivity contribution in [2.75, 3.05) is 24.2 Å². The van der Waals surface area contributed by atoms with E-state index in [4.69, 9.17) is 5.73 Å². The molecule has 23 heavy (non-hydrogen) atoms. The molecular weight excluding hydrogens is 364 g/mol. The van der Waals surface area contributed by atoms with E-state index in [2.05, 4.69) is 26.6 Å². The summed E-state index contributed by atoms with van der Waals surface area (Å²) in [6, 6.07) is 10.9. The van der Waals surface area contributed by atoms with Crippen LogP contribution in [-0.4, -0.2) is 18.9 Å². The Balaban J connectivity index is 2.34. The van der Waals surface area contributed by atoms with E-state index in [0.717, 1.165) is 28.6 Å². The predicted octanol–water partition coefficient (Wildman–Crippen LogP) is 3.99. The number of halogens is 3. The van der Waals surface area contributed by atoms with Gasteiger partial charge in [-0.25, -0.2) is 8.78 Å². The predicted molar refractivity (Wildman–Crippen MR) is 94.9 cm³/mol. The van der Waals surface area contributed by atoms with Crippen LogP contribution >= 0.6 is 15.9 Å². The Hall–Kier alpha value is -1.92. The van der Waals surface area contributed by atoms with E-state index in [-0.39, 0.29) is 0 Å². The Labute approximate surface area is 142 Å². The standard InChI is InChI=1S/C17H18BrF2N3/c1-22-17(12(9-18)10-21)11-3-2-4-15(5-11)23-16-7-13(19)6-14(20)8-16/h2-8,22-23H,9-10,21H2,1H3/b17-12-. The van der Waals surface area contributed by atoms with Crippen LogP contribution in [0.5, 0.6) is 0 Å². The quantitative estimate of drug-likeness (QED) is 0.663. The SMILES string of the molecule is CN/C(=C(\CN)CBr)c1cccc(Nc2cc(F)cc(F)c2)c1. The molecule has 122 valence electrons. The van der Waals surface area contributed by atoms with Gasteiger partial charge in [-0.05, 0) is 35.4 Å². The third kappa shape index (κ3) is 4.53. The van der Waals surface area contributed by atoms with Crippen molar-refractivity contribution in [1.29, 1.82) is 0 Å². The Kier molecular flexibility index (Phi) is 6.12. The zero-order valence-electron chi connectivity index (χ0n) is 12.7. The second kappa shape index (κ2) is 8.08. The van der Waals surface area contributed by atoms with Crippen LogP contribution in [0.3, 0.4) is 0 Å². The van der Waals surface area contributed by atoms with Gasteiger partial charge in [0.1, 0.15) is 11.6 Å². The molecule has 2 aromatic rings. The maximum Gasteiger partial charge on any atom is 0.128 e. The lowest BCUT2D eigenvalue weighted by atomic mass is 10.1. The fourth-order valence-electron chi connectivity index (χ4n) is 2.29. The van der Waals surface area contributed by atoms with Crippen LogP contribution in [0.2, 0.25) is 0 Å². The number of hydrogen-bond donors (Lipinski definition) is 3. The summed E-state index contributed by atoms with van der Waals surface area (Å²) in [7, 11) is 1.83. The highest BCUT2D eigenvalue weighted by atomic mass is 79.9. The van der Waals surface area contributed by atoms with E-state index < -0.39 is 11.6 Å². The van der Waals surface area contributed by atoms with E-state index in [1.165, 1.54) is 12.1 Å². The minimum Gasteiger partial charge on any atom is -0.388 e. The third-order valence-electron chi connectivity index (χ3n) is 3.31. The van der Waals surface area contributed by atoms with Gasteiger partial charge in [0.2, 0.25) is 0 Å². The van der Waals surface area contributed by atoms with Crippen molar-refractivity contribution in [3.63, 3.8) is 0 Å². The maximum absolute atomic E-state index is 13.3. The maximum atomic E-state index is 13.3. The van der Waals surface area contributed by atoms with Crippen molar-refractivity contribution in [2.24, 2.45) is 5.73 Å². The Morgan fingerprint density at radius 3 is 2.35 bits per heavy atom. The molecule has 0 saturated heterocycles. The summed E-state index contributed by atoms with van der Waals surface area (Å²) in [6.45, 7) is 0.425.